The lowest BCUT2D eigenvalue weighted by Crippen LogP contribution is -2.55. The predicted molar refractivity (Wildman–Crippen MR) is 137 cm³/mol. The van der Waals surface area contributed by atoms with E-state index in [9.17, 15) is 13.2 Å². The molecule has 4 aromatic rings. The van der Waals surface area contributed by atoms with Gasteiger partial charge in [-0.1, -0.05) is 36.4 Å². The molecular formula is C22H21ClN8O3S2. The minimum absolute atomic E-state index is 0.0118. The van der Waals surface area contributed by atoms with Gasteiger partial charge in [0.1, 0.15) is 16.2 Å². The summed E-state index contributed by atoms with van der Waals surface area (Å²) in [5.74, 6) is 0.947. The molecule has 2 aliphatic heterocycles. The predicted octanol–water partition coefficient (Wildman–Crippen LogP) is 2.20. The van der Waals surface area contributed by atoms with E-state index in [2.05, 4.69) is 27.0 Å². The summed E-state index contributed by atoms with van der Waals surface area (Å²) < 4.78 is 28.6. The molecule has 11 nitrogen and oxygen atoms in total. The van der Waals surface area contributed by atoms with E-state index >= 15 is 0 Å². The average Bonchev–Trinajstić information content (AvgIpc) is 3.36. The van der Waals surface area contributed by atoms with Crippen molar-refractivity contribution in [3.05, 3.63) is 57.7 Å². The van der Waals surface area contributed by atoms with Crippen LogP contribution >= 0.6 is 23.4 Å². The second-order valence-corrected chi connectivity index (χ2v) is 12.2. The zero-order chi connectivity index (χ0) is 25.2. The molecule has 0 saturated carbocycles. The summed E-state index contributed by atoms with van der Waals surface area (Å²) in [4.78, 5) is 28.5. The molecule has 0 amide bonds. The molecule has 1 unspecified atom stereocenters. The number of thioether (sulfide) groups is 1. The van der Waals surface area contributed by atoms with Crippen molar-refractivity contribution in [1.82, 2.24) is 29.1 Å². The SMILES string of the molecule is CC[C@@H]1CN(c2nc(N)nc3c2S(=O)(=O)CC3)C1Sc1nn2ccc(Cl)c2c(=O)n1-c1ccccn1. The van der Waals surface area contributed by atoms with E-state index in [1.165, 1.54) is 20.8 Å². The molecule has 6 heterocycles. The molecule has 0 aliphatic carbocycles. The van der Waals surface area contributed by atoms with E-state index in [4.69, 9.17) is 17.3 Å². The van der Waals surface area contributed by atoms with Gasteiger partial charge in [0.25, 0.3) is 5.56 Å². The smallest absolute Gasteiger partial charge is 0.285 e. The summed E-state index contributed by atoms with van der Waals surface area (Å²) in [6, 6.07) is 6.89. The first-order valence-corrected chi connectivity index (χ1v) is 14.2. The zero-order valence-corrected chi connectivity index (χ0v) is 21.5. The van der Waals surface area contributed by atoms with Gasteiger partial charge in [0.05, 0.1) is 21.8 Å². The van der Waals surface area contributed by atoms with Crippen LogP contribution in [-0.2, 0) is 16.3 Å². The first-order valence-electron chi connectivity index (χ1n) is 11.3. The fourth-order valence-corrected chi connectivity index (χ4v) is 7.92. The Hall–Kier alpha value is -3.16. The Balaban J connectivity index is 1.49. The number of aryl methyl sites for hydroxylation is 1. The van der Waals surface area contributed by atoms with Crippen LogP contribution in [0, 0.1) is 5.92 Å². The number of rotatable bonds is 5. The second kappa shape index (κ2) is 8.46. The topological polar surface area (TPSA) is 141 Å². The molecule has 36 heavy (non-hydrogen) atoms. The van der Waals surface area contributed by atoms with Gasteiger partial charge in [-0.15, -0.1) is 5.10 Å². The number of halogens is 1. The van der Waals surface area contributed by atoms with Crippen molar-refractivity contribution < 1.29 is 8.42 Å². The van der Waals surface area contributed by atoms with Crippen LogP contribution in [0.2, 0.25) is 5.02 Å². The summed E-state index contributed by atoms with van der Waals surface area (Å²) in [7, 11) is -3.51. The van der Waals surface area contributed by atoms with E-state index in [0.717, 1.165) is 6.42 Å². The van der Waals surface area contributed by atoms with Crippen molar-refractivity contribution in [3.63, 3.8) is 0 Å². The number of nitrogen functional groups attached to an aromatic ring is 1. The van der Waals surface area contributed by atoms with Crippen LogP contribution in [0.15, 0.2) is 51.5 Å². The van der Waals surface area contributed by atoms with Crippen molar-refractivity contribution in [2.24, 2.45) is 5.92 Å². The first-order chi connectivity index (χ1) is 17.3. The quantitative estimate of drug-likeness (QED) is 0.397. The van der Waals surface area contributed by atoms with E-state index < -0.39 is 9.84 Å². The minimum atomic E-state index is -3.51. The number of fused-ring (bicyclic) bond motifs is 2. The van der Waals surface area contributed by atoms with Crippen LogP contribution < -0.4 is 16.2 Å². The van der Waals surface area contributed by atoms with Crippen molar-refractivity contribution in [3.8, 4) is 5.82 Å². The van der Waals surface area contributed by atoms with Crippen LogP contribution in [0.5, 0.6) is 0 Å². The number of nitrogens with zero attached hydrogens (tertiary/aromatic N) is 7. The molecule has 0 spiro atoms. The van der Waals surface area contributed by atoms with E-state index in [0.29, 0.717) is 40.5 Å². The first kappa shape index (κ1) is 23.3. The Bertz CT molecular complexity index is 1670. The highest BCUT2D eigenvalue weighted by atomic mass is 35.5. The Morgan fingerprint density at radius 3 is 2.83 bits per heavy atom. The van der Waals surface area contributed by atoms with E-state index in [-0.39, 0.29) is 39.0 Å². The lowest BCUT2D eigenvalue weighted by atomic mass is 9.96. The van der Waals surface area contributed by atoms with Crippen molar-refractivity contribution in [2.45, 2.75) is 35.2 Å². The fraction of sp³-hybridized carbons (Fsp3) is 0.318. The van der Waals surface area contributed by atoms with Crippen LogP contribution in [0.1, 0.15) is 19.0 Å². The zero-order valence-electron chi connectivity index (χ0n) is 19.1. The van der Waals surface area contributed by atoms with Gasteiger partial charge in [-0.05, 0) is 24.6 Å². The third-order valence-electron chi connectivity index (χ3n) is 6.50. The van der Waals surface area contributed by atoms with Crippen molar-refractivity contribution in [1.29, 1.82) is 0 Å². The average molecular weight is 545 g/mol. The molecule has 2 N–H and O–H groups in total. The maximum Gasteiger partial charge on any atom is 0.285 e. The lowest BCUT2D eigenvalue weighted by Gasteiger charge is -2.48. The van der Waals surface area contributed by atoms with Crippen molar-refractivity contribution >= 4 is 50.5 Å². The molecule has 1 fully saturated rings. The number of sulfone groups is 1. The monoisotopic (exact) mass is 544 g/mol. The minimum Gasteiger partial charge on any atom is -0.368 e. The molecule has 0 aromatic carbocycles. The molecule has 14 heteroatoms. The normalized spacial score (nSPS) is 20.4. The van der Waals surface area contributed by atoms with Gasteiger partial charge in [0.15, 0.2) is 20.8 Å². The molecular weight excluding hydrogens is 524 g/mol. The highest BCUT2D eigenvalue weighted by molar-refractivity contribution is 8.00. The Labute approximate surface area is 215 Å². The van der Waals surface area contributed by atoms with Gasteiger partial charge in [-0.2, -0.15) is 4.98 Å². The molecule has 6 rings (SSSR count). The Morgan fingerprint density at radius 1 is 1.25 bits per heavy atom. The van der Waals surface area contributed by atoms with Gasteiger partial charge in [0.2, 0.25) is 5.95 Å². The Morgan fingerprint density at radius 2 is 2.08 bits per heavy atom. The summed E-state index contributed by atoms with van der Waals surface area (Å²) in [6.45, 7) is 2.66. The molecule has 186 valence electrons. The second-order valence-electron chi connectivity index (χ2n) is 8.65. The lowest BCUT2D eigenvalue weighted by molar-refractivity contribution is 0.362. The van der Waals surface area contributed by atoms with Crippen LogP contribution in [0.4, 0.5) is 11.8 Å². The summed E-state index contributed by atoms with van der Waals surface area (Å²) >= 11 is 7.64. The maximum atomic E-state index is 13.5. The number of pyridine rings is 1. The Kier molecular flexibility index (Phi) is 5.46. The van der Waals surface area contributed by atoms with Crippen LogP contribution in [-0.4, -0.2) is 55.2 Å². The largest absolute Gasteiger partial charge is 0.368 e. The van der Waals surface area contributed by atoms with E-state index in [1.807, 2.05) is 4.90 Å². The third kappa shape index (κ3) is 3.56. The molecule has 1 saturated heterocycles. The molecule has 2 atom stereocenters. The number of anilines is 2. The summed E-state index contributed by atoms with van der Waals surface area (Å²) in [5, 5.41) is 5.14. The molecule has 2 aliphatic rings. The summed E-state index contributed by atoms with van der Waals surface area (Å²) in [6.07, 6.45) is 4.38. The summed E-state index contributed by atoms with van der Waals surface area (Å²) in [5.41, 5.74) is 6.30. The van der Waals surface area contributed by atoms with Gasteiger partial charge in [0, 0.05) is 31.3 Å². The van der Waals surface area contributed by atoms with Gasteiger partial charge >= 0.3 is 0 Å². The van der Waals surface area contributed by atoms with Crippen molar-refractivity contribution in [2.75, 3.05) is 22.9 Å². The van der Waals surface area contributed by atoms with E-state index in [1.54, 1.807) is 36.7 Å². The standard InChI is InChI=1S/C22H21ClN8O3S2/c1-2-12-11-29(18-17-14(26-21(24)27-18)7-10-36(17,33)34)20(12)35-22-28-30-9-6-13(23)16(30)19(32)31(22)15-5-3-4-8-25-15/h3-6,8-9,12,20H,2,7,10-11H2,1H3,(H2,24,26,27)/t12-,20?/m1/s1. The highest BCUT2D eigenvalue weighted by Crippen LogP contribution is 2.45. The number of hydrogen-bond donors (Lipinski definition) is 1. The number of nitrogens with two attached hydrogens (primary N) is 1. The van der Waals surface area contributed by atoms with Gasteiger partial charge in [-0.3, -0.25) is 4.79 Å². The molecule has 0 bridgehead atoms. The number of aromatic nitrogens is 6. The maximum absolute atomic E-state index is 13.5. The van der Waals surface area contributed by atoms with Gasteiger partial charge in [-0.25, -0.2) is 27.5 Å². The highest BCUT2D eigenvalue weighted by Gasteiger charge is 2.45. The van der Waals surface area contributed by atoms with Crippen LogP contribution in [0.25, 0.3) is 11.3 Å². The molecule has 0 radical (unpaired) electrons. The third-order valence-corrected chi connectivity index (χ3v) is 9.95. The van der Waals surface area contributed by atoms with Crippen LogP contribution in [0.3, 0.4) is 0 Å². The fourth-order valence-electron chi connectivity index (χ4n) is 4.66. The number of hydrogen-bond acceptors (Lipinski definition) is 10. The molecule has 4 aromatic heterocycles. The van der Waals surface area contributed by atoms with Gasteiger partial charge < -0.3 is 10.6 Å².